The van der Waals surface area contributed by atoms with E-state index in [1.807, 2.05) is 35.5 Å². The summed E-state index contributed by atoms with van der Waals surface area (Å²) < 4.78 is 1.80. The average Bonchev–Trinajstić information content (AvgIpc) is 2.82. The molecule has 0 saturated carbocycles. The predicted molar refractivity (Wildman–Crippen MR) is 61.4 cm³/mol. The van der Waals surface area contributed by atoms with Gasteiger partial charge in [0, 0.05) is 6.20 Å². The third-order valence-corrected chi connectivity index (χ3v) is 2.45. The molecular formula is C11H8N6. The minimum atomic E-state index is 0.149. The van der Waals surface area contributed by atoms with Crippen LogP contribution in [0.3, 0.4) is 0 Å². The maximum Gasteiger partial charge on any atom is 0.234 e. The first-order chi connectivity index (χ1) is 8.38. The first-order valence-electron chi connectivity index (χ1n) is 5.09. The van der Waals surface area contributed by atoms with Gasteiger partial charge < -0.3 is 0 Å². The number of aromatic nitrogens is 4. The minimum Gasteiger partial charge on any atom is -0.282 e. The minimum absolute atomic E-state index is 0.149. The number of rotatable bonds is 1. The summed E-state index contributed by atoms with van der Waals surface area (Å²) in [6, 6.07) is 1.93. The van der Waals surface area contributed by atoms with Crippen LogP contribution in [0.15, 0.2) is 37.0 Å². The highest BCUT2D eigenvalue weighted by atomic mass is 15.6. The highest BCUT2D eigenvalue weighted by Gasteiger charge is 2.10. The highest BCUT2D eigenvalue weighted by Crippen LogP contribution is 2.11. The molecule has 3 heterocycles. The molecule has 0 amide bonds. The van der Waals surface area contributed by atoms with Crippen LogP contribution in [0.1, 0.15) is 5.82 Å². The van der Waals surface area contributed by atoms with Crippen LogP contribution in [-0.4, -0.2) is 26.2 Å². The number of fused-ring (bicyclic) bond motifs is 1. The van der Waals surface area contributed by atoms with Crippen molar-refractivity contribution in [3.63, 3.8) is 0 Å². The van der Waals surface area contributed by atoms with Crippen LogP contribution < -0.4 is 5.01 Å². The molecule has 17 heavy (non-hydrogen) atoms. The van der Waals surface area contributed by atoms with Crippen LogP contribution in [0.4, 0.5) is 0 Å². The van der Waals surface area contributed by atoms with Gasteiger partial charge in [-0.25, -0.2) is 14.6 Å². The van der Waals surface area contributed by atoms with Crippen molar-refractivity contribution in [2.45, 2.75) is 0 Å². The van der Waals surface area contributed by atoms with E-state index in [1.165, 1.54) is 0 Å². The molecule has 0 radical (unpaired) electrons. The summed E-state index contributed by atoms with van der Waals surface area (Å²) in [6.07, 6.45) is 11.1. The molecule has 2 aromatic heterocycles. The molecule has 1 aliphatic heterocycles. The van der Waals surface area contributed by atoms with E-state index in [0.717, 1.165) is 6.54 Å². The van der Waals surface area contributed by atoms with Crippen molar-refractivity contribution in [3.05, 3.63) is 42.8 Å². The first-order valence-corrected chi connectivity index (χ1v) is 5.09. The quantitative estimate of drug-likeness (QED) is 0.713. The van der Waals surface area contributed by atoms with Gasteiger partial charge in [0.2, 0.25) is 5.82 Å². The zero-order chi connectivity index (χ0) is 11.7. The summed E-state index contributed by atoms with van der Waals surface area (Å²) in [4.78, 5) is 12.2. The predicted octanol–water partition coefficient (Wildman–Crippen LogP) is 0.719. The van der Waals surface area contributed by atoms with Crippen molar-refractivity contribution in [1.82, 2.24) is 19.6 Å². The number of hydrogen-bond acceptors (Lipinski definition) is 5. The van der Waals surface area contributed by atoms with Gasteiger partial charge in [-0.2, -0.15) is 10.2 Å². The number of nitriles is 1. The molecule has 2 aromatic rings. The Kier molecular flexibility index (Phi) is 2.09. The molecule has 0 N–H and O–H groups in total. The van der Waals surface area contributed by atoms with Crippen LogP contribution in [0.5, 0.6) is 0 Å². The third kappa shape index (κ3) is 1.54. The molecule has 0 saturated heterocycles. The zero-order valence-corrected chi connectivity index (χ0v) is 8.85. The lowest BCUT2D eigenvalue weighted by molar-refractivity contribution is 0.735. The van der Waals surface area contributed by atoms with Crippen molar-refractivity contribution < 1.29 is 0 Å². The van der Waals surface area contributed by atoms with Crippen LogP contribution in [0, 0.1) is 11.3 Å². The Hall–Kier alpha value is -2.68. The van der Waals surface area contributed by atoms with Crippen LogP contribution >= 0.6 is 0 Å². The Morgan fingerprint density at radius 1 is 1.29 bits per heavy atom. The number of nitrogens with zero attached hydrogens (tertiary/aromatic N) is 6. The second-order valence-corrected chi connectivity index (χ2v) is 3.50. The second-order valence-electron chi connectivity index (χ2n) is 3.50. The fourth-order valence-corrected chi connectivity index (χ4v) is 1.66. The van der Waals surface area contributed by atoms with Gasteiger partial charge in [0.15, 0.2) is 5.65 Å². The molecule has 1 aliphatic rings. The van der Waals surface area contributed by atoms with Crippen molar-refractivity contribution in [2.75, 3.05) is 11.6 Å². The van der Waals surface area contributed by atoms with Gasteiger partial charge in [-0.1, -0.05) is 12.2 Å². The van der Waals surface area contributed by atoms with Gasteiger partial charge >= 0.3 is 0 Å². The SMILES string of the molecule is N#Cc1ncc2ncn(N3C=CC=CC3)c2n1. The Morgan fingerprint density at radius 2 is 2.24 bits per heavy atom. The van der Waals surface area contributed by atoms with Crippen LogP contribution in [0.2, 0.25) is 0 Å². The largest absolute Gasteiger partial charge is 0.282 e. The van der Waals surface area contributed by atoms with Gasteiger partial charge in [0.05, 0.1) is 12.7 Å². The molecule has 6 nitrogen and oxygen atoms in total. The molecule has 0 bridgehead atoms. The molecule has 0 spiro atoms. The molecular weight excluding hydrogens is 216 g/mol. The summed E-state index contributed by atoms with van der Waals surface area (Å²) in [5.41, 5.74) is 1.31. The fraction of sp³-hybridized carbons (Fsp3) is 0.0909. The fourth-order valence-electron chi connectivity index (χ4n) is 1.66. The third-order valence-electron chi connectivity index (χ3n) is 2.45. The van der Waals surface area contributed by atoms with E-state index in [9.17, 15) is 0 Å². The Bertz CT molecular complexity index is 660. The topological polar surface area (TPSA) is 70.6 Å². The smallest absolute Gasteiger partial charge is 0.234 e. The number of imidazole rings is 1. The maximum atomic E-state index is 8.79. The number of hydrogen-bond donors (Lipinski definition) is 0. The number of allylic oxidation sites excluding steroid dienone is 2. The molecule has 6 heteroatoms. The van der Waals surface area contributed by atoms with Crippen LogP contribution in [0.25, 0.3) is 11.2 Å². The first kappa shape index (κ1) is 9.54. The standard InChI is InChI=1S/C11H8N6/c12-6-10-13-7-9-11(15-10)17(8-14-9)16-4-2-1-3-5-16/h1-4,7-8H,5H2. The Morgan fingerprint density at radius 3 is 3.00 bits per heavy atom. The van der Waals surface area contributed by atoms with E-state index in [4.69, 9.17) is 5.26 Å². The Balaban J connectivity index is 2.13. The van der Waals surface area contributed by atoms with Crippen molar-refractivity contribution in [1.29, 1.82) is 5.26 Å². The lowest BCUT2D eigenvalue weighted by Crippen LogP contribution is -2.29. The highest BCUT2D eigenvalue weighted by molar-refractivity contribution is 5.70. The van der Waals surface area contributed by atoms with E-state index < -0.39 is 0 Å². The monoisotopic (exact) mass is 224 g/mol. The van der Waals surface area contributed by atoms with Gasteiger partial charge in [0.1, 0.15) is 17.9 Å². The summed E-state index contributed by atoms with van der Waals surface area (Å²) in [6.45, 7) is 0.744. The molecule has 0 aliphatic carbocycles. The lowest BCUT2D eigenvalue weighted by Gasteiger charge is -2.21. The van der Waals surface area contributed by atoms with E-state index in [1.54, 1.807) is 17.2 Å². The molecule has 0 unspecified atom stereocenters. The second kappa shape index (κ2) is 3.72. The summed E-state index contributed by atoms with van der Waals surface area (Å²) in [7, 11) is 0. The normalized spacial score (nSPS) is 14.2. The van der Waals surface area contributed by atoms with Gasteiger partial charge in [0.25, 0.3) is 0 Å². The summed E-state index contributed by atoms with van der Waals surface area (Å²) in [5, 5.41) is 10.7. The van der Waals surface area contributed by atoms with Crippen molar-refractivity contribution >= 4 is 11.2 Å². The van der Waals surface area contributed by atoms with E-state index in [0.29, 0.717) is 11.2 Å². The van der Waals surface area contributed by atoms with Crippen LogP contribution in [-0.2, 0) is 0 Å². The molecule has 0 aromatic carbocycles. The maximum absolute atomic E-state index is 8.79. The lowest BCUT2D eigenvalue weighted by atomic mass is 10.4. The summed E-state index contributed by atoms with van der Waals surface area (Å²) in [5.74, 6) is 0.149. The Labute approximate surface area is 97.1 Å². The van der Waals surface area contributed by atoms with Crippen molar-refractivity contribution in [2.24, 2.45) is 0 Å². The molecule has 3 rings (SSSR count). The van der Waals surface area contributed by atoms with Gasteiger partial charge in [-0.15, -0.1) is 0 Å². The van der Waals surface area contributed by atoms with E-state index in [2.05, 4.69) is 15.0 Å². The van der Waals surface area contributed by atoms with Gasteiger partial charge in [-0.3, -0.25) is 5.01 Å². The van der Waals surface area contributed by atoms with E-state index >= 15 is 0 Å². The van der Waals surface area contributed by atoms with Crippen molar-refractivity contribution in [3.8, 4) is 6.07 Å². The summed E-state index contributed by atoms with van der Waals surface area (Å²) >= 11 is 0. The van der Waals surface area contributed by atoms with Gasteiger partial charge in [-0.05, 0) is 6.08 Å². The zero-order valence-electron chi connectivity index (χ0n) is 8.85. The molecule has 0 atom stereocenters. The molecule has 0 fully saturated rings. The van der Waals surface area contributed by atoms with E-state index in [-0.39, 0.29) is 5.82 Å². The average molecular weight is 224 g/mol. The molecule has 82 valence electrons.